The molecule has 1 saturated heterocycles. The zero-order valence-corrected chi connectivity index (χ0v) is 10.7. The molecular weight excluding hydrogens is 226 g/mol. The summed E-state index contributed by atoms with van der Waals surface area (Å²) < 4.78 is 5.32. The van der Waals surface area contributed by atoms with E-state index in [1.165, 1.54) is 27.8 Å². The molecule has 1 amide bonds. The Balaban J connectivity index is 2.11. The molecule has 1 fully saturated rings. The van der Waals surface area contributed by atoms with Gasteiger partial charge in [0.25, 0.3) is 0 Å². The van der Waals surface area contributed by atoms with E-state index < -0.39 is 0 Å². The van der Waals surface area contributed by atoms with Crippen molar-refractivity contribution in [2.24, 2.45) is 0 Å². The third kappa shape index (κ3) is 1.62. The Labute approximate surface area is 107 Å². The summed E-state index contributed by atoms with van der Waals surface area (Å²) in [6, 6.07) is 2.02. The fourth-order valence-corrected chi connectivity index (χ4v) is 3.07. The predicted molar refractivity (Wildman–Crippen MR) is 69.8 cm³/mol. The first kappa shape index (κ1) is 11.3. The molecule has 3 nitrogen and oxygen atoms in total. The molecule has 0 spiro atoms. The number of carbonyl (C=O) groups excluding carboxylic acids is 1. The largest absolute Gasteiger partial charge is 0.472 e. The first-order chi connectivity index (χ1) is 8.68. The van der Waals surface area contributed by atoms with Crippen molar-refractivity contribution in [2.45, 2.75) is 32.6 Å². The van der Waals surface area contributed by atoms with Crippen LogP contribution >= 0.6 is 0 Å². The van der Waals surface area contributed by atoms with Gasteiger partial charge in [0.1, 0.15) is 0 Å². The van der Waals surface area contributed by atoms with E-state index in [0.29, 0.717) is 12.3 Å². The SMILES string of the molecule is Cc1c2ccocc-2c(C2CCNC(=O)C2)c1C. The van der Waals surface area contributed by atoms with Crippen LogP contribution in [0.1, 0.15) is 35.4 Å². The fraction of sp³-hybridized carbons (Fsp3) is 0.400. The quantitative estimate of drug-likeness (QED) is 0.836. The molecule has 0 radical (unpaired) electrons. The predicted octanol–water partition coefficient (Wildman–Crippen LogP) is 2.99. The lowest BCUT2D eigenvalue weighted by atomic mass is 9.87. The van der Waals surface area contributed by atoms with E-state index in [1.807, 2.05) is 12.3 Å². The Morgan fingerprint density at radius 3 is 2.89 bits per heavy atom. The molecule has 3 heteroatoms. The summed E-state index contributed by atoms with van der Waals surface area (Å²) in [7, 11) is 0. The van der Waals surface area contributed by atoms with Gasteiger partial charge in [0.05, 0.1) is 12.5 Å². The van der Waals surface area contributed by atoms with E-state index in [-0.39, 0.29) is 5.91 Å². The maximum Gasteiger partial charge on any atom is 0.220 e. The lowest BCUT2D eigenvalue weighted by Gasteiger charge is -2.23. The molecule has 1 aliphatic carbocycles. The maximum atomic E-state index is 11.6. The van der Waals surface area contributed by atoms with Gasteiger partial charge in [-0.25, -0.2) is 0 Å². The van der Waals surface area contributed by atoms with Crippen molar-refractivity contribution in [1.29, 1.82) is 0 Å². The fourth-order valence-electron chi connectivity index (χ4n) is 3.07. The minimum atomic E-state index is 0.158. The minimum absolute atomic E-state index is 0.158. The third-order valence-electron chi connectivity index (χ3n) is 4.11. The molecule has 1 atom stereocenters. The summed E-state index contributed by atoms with van der Waals surface area (Å²) in [4.78, 5) is 11.6. The topological polar surface area (TPSA) is 42.2 Å². The van der Waals surface area contributed by atoms with E-state index in [2.05, 4.69) is 19.2 Å². The van der Waals surface area contributed by atoms with E-state index in [1.54, 1.807) is 6.26 Å². The Kier molecular flexibility index (Phi) is 2.62. The number of rotatable bonds is 1. The standard InChI is InChI=1S/C15H17NO2/c1-9-10(2)15(11-3-5-16-14(17)7-11)13-8-18-6-4-12(9)13/h4,6,8,11H,3,5,7H2,1-2H3,(H,16,17). The van der Waals surface area contributed by atoms with Crippen molar-refractivity contribution >= 4 is 5.91 Å². The van der Waals surface area contributed by atoms with Crippen molar-refractivity contribution in [2.75, 3.05) is 6.54 Å². The van der Waals surface area contributed by atoms with Crippen molar-refractivity contribution in [3.05, 3.63) is 35.3 Å². The molecule has 1 unspecified atom stereocenters. The zero-order valence-electron chi connectivity index (χ0n) is 10.7. The van der Waals surface area contributed by atoms with Crippen LogP contribution in [0.4, 0.5) is 0 Å². The highest BCUT2D eigenvalue weighted by Crippen LogP contribution is 2.42. The number of hydrogen-bond acceptors (Lipinski definition) is 2. The van der Waals surface area contributed by atoms with Gasteiger partial charge < -0.3 is 9.73 Å². The molecule has 0 saturated carbocycles. The number of carbonyl (C=O) groups is 1. The van der Waals surface area contributed by atoms with E-state index in [4.69, 9.17) is 4.42 Å². The summed E-state index contributed by atoms with van der Waals surface area (Å²) >= 11 is 0. The molecular formula is C15H17NO2. The van der Waals surface area contributed by atoms with Crippen LogP contribution in [0.25, 0.3) is 11.1 Å². The van der Waals surface area contributed by atoms with Crippen molar-refractivity contribution in [1.82, 2.24) is 5.32 Å². The van der Waals surface area contributed by atoms with Crippen LogP contribution in [0.2, 0.25) is 0 Å². The Morgan fingerprint density at radius 2 is 2.11 bits per heavy atom. The Bertz CT molecular complexity index is 570. The van der Waals surface area contributed by atoms with Crippen molar-refractivity contribution in [3.8, 4) is 11.1 Å². The first-order valence-electron chi connectivity index (χ1n) is 6.40. The summed E-state index contributed by atoms with van der Waals surface area (Å²) in [5, 5.41) is 2.89. The van der Waals surface area contributed by atoms with Crippen LogP contribution in [0, 0.1) is 13.8 Å². The maximum absolute atomic E-state index is 11.6. The summed E-state index contributed by atoms with van der Waals surface area (Å²) in [5.41, 5.74) is 6.35. The van der Waals surface area contributed by atoms with Gasteiger partial charge in [0.15, 0.2) is 0 Å². The molecule has 2 heterocycles. The van der Waals surface area contributed by atoms with Crippen LogP contribution in [-0.4, -0.2) is 12.5 Å². The lowest BCUT2D eigenvalue weighted by Crippen LogP contribution is -2.32. The highest BCUT2D eigenvalue weighted by molar-refractivity contribution is 5.81. The molecule has 2 aliphatic heterocycles. The van der Waals surface area contributed by atoms with Crippen LogP contribution in [0.5, 0.6) is 0 Å². The smallest absolute Gasteiger partial charge is 0.220 e. The summed E-state index contributed by atoms with van der Waals surface area (Å²) in [5.74, 6) is 0.484. The highest BCUT2D eigenvalue weighted by atomic mass is 16.3. The van der Waals surface area contributed by atoms with Gasteiger partial charge in [0.2, 0.25) is 5.91 Å². The van der Waals surface area contributed by atoms with Crippen LogP contribution in [-0.2, 0) is 4.79 Å². The minimum Gasteiger partial charge on any atom is -0.472 e. The molecule has 0 aromatic carbocycles. The van der Waals surface area contributed by atoms with Gasteiger partial charge in [-0.2, -0.15) is 0 Å². The second kappa shape index (κ2) is 4.16. The van der Waals surface area contributed by atoms with Crippen molar-refractivity contribution in [3.63, 3.8) is 0 Å². The zero-order chi connectivity index (χ0) is 12.7. The van der Waals surface area contributed by atoms with Gasteiger partial charge in [0, 0.05) is 18.5 Å². The second-order valence-corrected chi connectivity index (χ2v) is 5.09. The Hall–Kier alpha value is -1.77. The van der Waals surface area contributed by atoms with Crippen molar-refractivity contribution < 1.29 is 9.21 Å². The molecule has 0 aromatic rings. The second-order valence-electron chi connectivity index (χ2n) is 5.09. The van der Waals surface area contributed by atoms with Gasteiger partial charge in [-0.3, -0.25) is 4.79 Å². The van der Waals surface area contributed by atoms with Gasteiger partial charge in [-0.05, 0) is 54.5 Å². The van der Waals surface area contributed by atoms with Gasteiger partial charge >= 0.3 is 0 Å². The molecule has 0 bridgehead atoms. The number of nitrogens with one attached hydrogen (secondary N) is 1. The third-order valence-corrected chi connectivity index (χ3v) is 4.11. The van der Waals surface area contributed by atoms with Gasteiger partial charge in [-0.15, -0.1) is 0 Å². The van der Waals surface area contributed by atoms with Crippen LogP contribution in [0.3, 0.4) is 0 Å². The average molecular weight is 243 g/mol. The van der Waals surface area contributed by atoms with Crippen LogP contribution in [0.15, 0.2) is 23.0 Å². The monoisotopic (exact) mass is 243 g/mol. The molecule has 3 rings (SSSR count). The molecule has 3 aliphatic rings. The van der Waals surface area contributed by atoms with E-state index >= 15 is 0 Å². The van der Waals surface area contributed by atoms with Gasteiger partial charge in [-0.1, -0.05) is 0 Å². The molecule has 0 aromatic heterocycles. The molecule has 18 heavy (non-hydrogen) atoms. The number of hydrogen-bond donors (Lipinski definition) is 1. The molecule has 94 valence electrons. The van der Waals surface area contributed by atoms with Crippen LogP contribution < -0.4 is 5.32 Å². The van der Waals surface area contributed by atoms with E-state index in [9.17, 15) is 4.79 Å². The number of fused-ring (bicyclic) bond motifs is 1. The number of piperidine rings is 1. The normalized spacial score (nSPS) is 20.1. The molecule has 1 N–H and O–H groups in total. The average Bonchev–Trinajstić information content (AvgIpc) is 2.63. The lowest BCUT2D eigenvalue weighted by molar-refractivity contribution is -0.122. The Morgan fingerprint density at radius 1 is 1.28 bits per heavy atom. The van der Waals surface area contributed by atoms with E-state index in [0.717, 1.165) is 13.0 Å². The summed E-state index contributed by atoms with van der Waals surface area (Å²) in [6.45, 7) is 5.07. The first-order valence-corrected chi connectivity index (χ1v) is 6.40. The summed E-state index contributed by atoms with van der Waals surface area (Å²) in [6.07, 6.45) is 5.14. The number of amides is 1. The highest BCUT2D eigenvalue weighted by Gasteiger charge is 2.28.